The van der Waals surface area contributed by atoms with Gasteiger partial charge in [-0.1, -0.05) is 48.5 Å². The molecular formula is C25H23O2. The van der Waals surface area contributed by atoms with Crippen LogP contribution >= 0.6 is 0 Å². The Balaban J connectivity index is 1.89. The van der Waals surface area contributed by atoms with Crippen molar-refractivity contribution in [2.45, 2.75) is 12.8 Å². The molecule has 0 atom stereocenters. The molecular weight excluding hydrogens is 332 g/mol. The van der Waals surface area contributed by atoms with Crippen molar-refractivity contribution < 1.29 is 9.47 Å². The van der Waals surface area contributed by atoms with E-state index < -0.39 is 0 Å². The Labute approximate surface area is 161 Å². The molecule has 0 aromatic heterocycles. The van der Waals surface area contributed by atoms with E-state index in [0.29, 0.717) is 6.61 Å². The molecule has 135 valence electrons. The Morgan fingerprint density at radius 2 is 1.56 bits per heavy atom. The van der Waals surface area contributed by atoms with E-state index in [1.807, 2.05) is 18.2 Å². The minimum absolute atomic E-state index is 0.430. The Morgan fingerprint density at radius 1 is 0.815 bits per heavy atom. The maximum atomic E-state index is 5.52. The third-order valence-corrected chi connectivity index (χ3v) is 5.06. The van der Waals surface area contributed by atoms with Crippen molar-refractivity contribution in [3.8, 4) is 11.5 Å². The third kappa shape index (κ3) is 3.48. The van der Waals surface area contributed by atoms with Crippen molar-refractivity contribution in [3.63, 3.8) is 0 Å². The monoisotopic (exact) mass is 355 g/mol. The maximum absolute atomic E-state index is 5.52. The van der Waals surface area contributed by atoms with Crippen LogP contribution < -0.4 is 9.47 Å². The molecule has 0 aliphatic heterocycles. The van der Waals surface area contributed by atoms with Gasteiger partial charge in [0.05, 0.1) is 13.7 Å². The number of rotatable bonds is 5. The van der Waals surface area contributed by atoms with Gasteiger partial charge < -0.3 is 9.47 Å². The van der Waals surface area contributed by atoms with Gasteiger partial charge >= 0.3 is 0 Å². The van der Waals surface area contributed by atoms with E-state index >= 15 is 0 Å². The first-order valence-corrected chi connectivity index (χ1v) is 9.28. The normalized spacial score (nSPS) is 13.3. The van der Waals surface area contributed by atoms with Gasteiger partial charge in [0.1, 0.15) is 11.5 Å². The van der Waals surface area contributed by atoms with Crippen LogP contribution in [-0.4, -0.2) is 13.7 Å². The molecule has 27 heavy (non-hydrogen) atoms. The van der Waals surface area contributed by atoms with Gasteiger partial charge in [-0.2, -0.15) is 0 Å². The predicted octanol–water partition coefficient (Wildman–Crippen LogP) is 5.81. The molecule has 1 aliphatic carbocycles. The highest BCUT2D eigenvalue weighted by Crippen LogP contribution is 2.42. The van der Waals surface area contributed by atoms with E-state index in [1.54, 1.807) is 7.11 Å². The van der Waals surface area contributed by atoms with Gasteiger partial charge in [-0.05, 0) is 77.4 Å². The molecule has 0 unspecified atom stereocenters. The second kappa shape index (κ2) is 7.71. The number of ether oxygens (including phenoxy) is 2. The maximum Gasteiger partial charge on any atom is 0.119 e. The molecule has 0 heterocycles. The lowest BCUT2D eigenvalue weighted by Crippen LogP contribution is -2.06. The second-order valence-electron chi connectivity index (χ2n) is 6.62. The Morgan fingerprint density at radius 3 is 2.26 bits per heavy atom. The van der Waals surface area contributed by atoms with E-state index in [1.165, 1.54) is 33.4 Å². The summed E-state index contributed by atoms with van der Waals surface area (Å²) in [5.74, 6) is 1.76. The average Bonchev–Trinajstić information content (AvgIpc) is 2.74. The van der Waals surface area contributed by atoms with E-state index in [2.05, 4.69) is 61.5 Å². The number of benzene rings is 3. The smallest absolute Gasteiger partial charge is 0.119 e. The summed E-state index contributed by atoms with van der Waals surface area (Å²) in [6.07, 6.45) is 2.03. The fourth-order valence-corrected chi connectivity index (χ4v) is 3.79. The largest absolute Gasteiger partial charge is 0.497 e. The summed E-state index contributed by atoms with van der Waals surface area (Å²) in [5, 5.41) is 0. The first-order chi connectivity index (χ1) is 13.3. The zero-order valence-corrected chi connectivity index (χ0v) is 15.6. The molecule has 2 heteroatoms. The molecule has 3 aromatic carbocycles. The number of aryl methyl sites for hydroxylation is 1. The van der Waals surface area contributed by atoms with Crippen molar-refractivity contribution in [1.29, 1.82) is 0 Å². The summed E-state index contributed by atoms with van der Waals surface area (Å²) in [6, 6.07) is 25.4. The number of methoxy groups -OCH3 is 1. The molecule has 0 N–H and O–H groups in total. The van der Waals surface area contributed by atoms with E-state index in [-0.39, 0.29) is 0 Å². The summed E-state index contributed by atoms with van der Waals surface area (Å²) in [4.78, 5) is 0. The molecule has 0 saturated carbocycles. The molecule has 1 aliphatic rings. The Kier molecular flexibility index (Phi) is 4.97. The van der Waals surface area contributed by atoms with Gasteiger partial charge in [0.25, 0.3) is 0 Å². The fourth-order valence-electron chi connectivity index (χ4n) is 3.79. The topological polar surface area (TPSA) is 18.5 Å². The zero-order chi connectivity index (χ0) is 18.6. The average molecular weight is 355 g/mol. The van der Waals surface area contributed by atoms with Crippen molar-refractivity contribution in [2.75, 3.05) is 13.7 Å². The van der Waals surface area contributed by atoms with Crippen LogP contribution in [0.1, 0.15) is 28.7 Å². The Hall–Kier alpha value is -3.00. The van der Waals surface area contributed by atoms with Crippen LogP contribution in [0.2, 0.25) is 0 Å². The van der Waals surface area contributed by atoms with Crippen LogP contribution in [-0.2, 0) is 6.42 Å². The van der Waals surface area contributed by atoms with Gasteiger partial charge in [0.2, 0.25) is 0 Å². The lowest BCUT2D eigenvalue weighted by Gasteiger charge is -2.25. The van der Waals surface area contributed by atoms with Crippen molar-refractivity contribution >= 4 is 11.1 Å². The lowest BCUT2D eigenvalue weighted by atomic mass is 9.79. The van der Waals surface area contributed by atoms with Gasteiger partial charge in [-0.3, -0.25) is 0 Å². The molecule has 1 radical (unpaired) electrons. The molecule has 0 bridgehead atoms. The molecule has 4 rings (SSSR count). The van der Waals surface area contributed by atoms with Gasteiger partial charge in [-0.15, -0.1) is 0 Å². The number of fused-ring (bicyclic) bond motifs is 1. The second-order valence-corrected chi connectivity index (χ2v) is 6.62. The van der Waals surface area contributed by atoms with Crippen LogP contribution in [0.25, 0.3) is 11.1 Å². The fraction of sp³-hybridized carbons (Fsp3) is 0.160. The molecule has 0 fully saturated rings. The van der Waals surface area contributed by atoms with Crippen LogP contribution in [0, 0.1) is 6.92 Å². The number of hydrogen-bond acceptors (Lipinski definition) is 2. The minimum atomic E-state index is 0.430. The van der Waals surface area contributed by atoms with Crippen LogP contribution in [0.3, 0.4) is 0 Å². The van der Waals surface area contributed by atoms with Crippen LogP contribution in [0.5, 0.6) is 11.5 Å². The predicted molar refractivity (Wildman–Crippen MR) is 111 cm³/mol. The Bertz CT molecular complexity index is 953. The van der Waals surface area contributed by atoms with E-state index in [9.17, 15) is 0 Å². The first kappa shape index (κ1) is 17.4. The van der Waals surface area contributed by atoms with Crippen molar-refractivity contribution in [3.05, 3.63) is 102 Å². The lowest BCUT2D eigenvalue weighted by molar-refractivity contribution is 0.361. The van der Waals surface area contributed by atoms with Crippen LogP contribution in [0.15, 0.2) is 72.8 Å². The van der Waals surface area contributed by atoms with E-state index in [0.717, 1.165) is 24.3 Å². The number of hydrogen-bond donors (Lipinski definition) is 0. The van der Waals surface area contributed by atoms with E-state index in [4.69, 9.17) is 9.47 Å². The molecule has 2 nitrogen and oxygen atoms in total. The quantitative estimate of drug-likeness (QED) is 0.575. The highest BCUT2D eigenvalue weighted by molar-refractivity contribution is 6.00. The van der Waals surface area contributed by atoms with Crippen LogP contribution in [0.4, 0.5) is 0 Å². The summed E-state index contributed by atoms with van der Waals surface area (Å²) in [5.41, 5.74) is 7.79. The van der Waals surface area contributed by atoms with Crippen molar-refractivity contribution in [2.24, 2.45) is 0 Å². The highest BCUT2D eigenvalue weighted by Gasteiger charge is 2.22. The molecule has 0 saturated heterocycles. The summed E-state index contributed by atoms with van der Waals surface area (Å²) in [6.45, 7) is 4.18. The first-order valence-electron chi connectivity index (χ1n) is 9.28. The standard InChI is InChI=1S/C25H23O2/c1-3-27-21-12-9-19(10-13-21)25-23(18-7-5-4-6-8-18)15-11-20-17-22(26-2)14-16-24(20)25/h4-10,12-14,16-17H,1,3,11,15H2,2H3. The molecule has 0 amide bonds. The van der Waals surface area contributed by atoms with Crippen molar-refractivity contribution in [1.82, 2.24) is 0 Å². The number of allylic oxidation sites excluding steroid dienone is 1. The zero-order valence-electron chi connectivity index (χ0n) is 15.6. The highest BCUT2D eigenvalue weighted by atomic mass is 16.5. The van der Waals surface area contributed by atoms with Gasteiger partial charge in [0.15, 0.2) is 0 Å². The summed E-state index contributed by atoms with van der Waals surface area (Å²) in [7, 11) is 1.72. The summed E-state index contributed by atoms with van der Waals surface area (Å²) < 4.78 is 11.0. The minimum Gasteiger partial charge on any atom is -0.497 e. The van der Waals surface area contributed by atoms with Gasteiger partial charge in [-0.25, -0.2) is 0 Å². The molecule has 0 spiro atoms. The molecule has 3 aromatic rings. The third-order valence-electron chi connectivity index (χ3n) is 5.06. The van der Waals surface area contributed by atoms with Gasteiger partial charge in [0, 0.05) is 0 Å². The SMILES string of the molecule is [CH2]COc1ccc(C2=C(c3ccccc3)CCc3cc(OC)ccc32)cc1. The summed E-state index contributed by atoms with van der Waals surface area (Å²) >= 11 is 0.